The normalized spacial score (nSPS) is 23.7. The van der Waals surface area contributed by atoms with Gasteiger partial charge in [-0.1, -0.05) is 26.2 Å². The molecule has 0 radical (unpaired) electrons. The van der Waals surface area contributed by atoms with Crippen LogP contribution in [0.1, 0.15) is 52.4 Å². The van der Waals surface area contributed by atoms with E-state index < -0.39 is 11.9 Å². The van der Waals surface area contributed by atoms with Crippen LogP contribution in [0.5, 0.6) is 0 Å². The predicted octanol–water partition coefficient (Wildman–Crippen LogP) is 2.53. The highest BCUT2D eigenvalue weighted by Crippen LogP contribution is 2.31. The average molecular weight is 255 g/mol. The molecule has 0 unspecified atom stereocenters. The maximum absolute atomic E-state index is 12.4. The molecule has 1 saturated carbocycles. The number of hydrogen-bond donors (Lipinski definition) is 1. The third-order valence-corrected chi connectivity index (χ3v) is 3.88. The molecule has 0 aromatic carbocycles. The van der Waals surface area contributed by atoms with E-state index in [1.807, 2.05) is 11.8 Å². The third kappa shape index (κ3) is 3.72. The van der Waals surface area contributed by atoms with E-state index >= 15 is 0 Å². The molecular weight excluding hydrogens is 230 g/mol. The summed E-state index contributed by atoms with van der Waals surface area (Å²) in [7, 11) is 0. The van der Waals surface area contributed by atoms with Gasteiger partial charge in [0.25, 0.3) is 0 Å². The molecule has 0 saturated heterocycles. The standard InChI is InChI=1S/C14H25NO3/c1-3-5-10-15(4-2)13(16)11-8-6-7-9-12(11)14(17)18/h11-12H,3-10H2,1-2H3,(H,17,18)/t11-,12+/m1/s1. The number of rotatable bonds is 6. The van der Waals surface area contributed by atoms with Gasteiger partial charge in [-0.2, -0.15) is 0 Å². The van der Waals surface area contributed by atoms with Crippen molar-refractivity contribution < 1.29 is 14.7 Å². The van der Waals surface area contributed by atoms with Crippen molar-refractivity contribution in [3.8, 4) is 0 Å². The van der Waals surface area contributed by atoms with E-state index in [4.69, 9.17) is 0 Å². The van der Waals surface area contributed by atoms with Crippen LogP contribution in [0.4, 0.5) is 0 Å². The highest BCUT2D eigenvalue weighted by atomic mass is 16.4. The molecule has 4 heteroatoms. The van der Waals surface area contributed by atoms with Gasteiger partial charge in [0.05, 0.1) is 11.8 Å². The van der Waals surface area contributed by atoms with E-state index in [9.17, 15) is 14.7 Å². The molecule has 0 aromatic rings. The van der Waals surface area contributed by atoms with E-state index in [2.05, 4.69) is 6.92 Å². The zero-order valence-electron chi connectivity index (χ0n) is 11.5. The van der Waals surface area contributed by atoms with Gasteiger partial charge in [-0.25, -0.2) is 0 Å². The lowest BCUT2D eigenvalue weighted by Gasteiger charge is -2.32. The zero-order valence-corrected chi connectivity index (χ0v) is 11.5. The smallest absolute Gasteiger partial charge is 0.307 e. The van der Waals surface area contributed by atoms with E-state index in [1.165, 1.54) is 0 Å². The van der Waals surface area contributed by atoms with Crippen molar-refractivity contribution >= 4 is 11.9 Å². The van der Waals surface area contributed by atoms with Crippen LogP contribution in [0.2, 0.25) is 0 Å². The Morgan fingerprint density at radius 2 is 1.78 bits per heavy atom. The number of amides is 1. The van der Waals surface area contributed by atoms with Crippen molar-refractivity contribution in [2.75, 3.05) is 13.1 Å². The highest BCUT2D eigenvalue weighted by Gasteiger charge is 2.37. The lowest BCUT2D eigenvalue weighted by atomic mass is 9.78. The molecule has 0 aliphatic heterocycles. The average Bonchev–Trinajstić information content (AvgIpc) is 2.39. The van der Waals surface area contributed by atoms with E-state index in [1.54, 1.807) is 0 Å². The number of unbranched alkanes of at least 4 members (excludes halogenated alkanes) is 1. The number of hydrogen-bond acceptors (Lipinski definition) is 2. The van der Waals surface area contributed by atoms with Crippen molar-refractivity contribution in [1.29, 1.82) is 0 Å². The van der Waals surface area contributed by atoms with Crippen LogP contribution < -0.4 is 0 Å². The van der Waals surface area contributed by atoms with Crippen LogP contribution in [-0.4, -0.2) is 35.0 Å². The topological polar surface area (TPSA) is 57.6 Å². The molecule has 0 aromatic heterocycles. The van der Waals surface area contributed by atoms with Gasteiger partial charge in [-0.15, -0.1) is 0 Å². The molecule has 1 amide bonds. The molecule has 1 N–H and O–H groups in total. The van der Waals surface area contributed by atoms with Crippen LogP contribution in [0.15, 0.2) is 0 Å². The fourth-order valence-electron chi connectivity index (χ4n) is 2.73. The quantitative estimate of drug-likeness (QED) is 0.793. The van der Waals surface area contributed by atoms with Crippen LogP contribution in [-0.2, 0) is 9.59 Å². The van der Waals surface area contributed by atoms with Crippen molar-refractivity contribution in [2.24, 2.45) is 11.8 Å². The van der Waals surface area contributed by atoms with Gasteiger partial charge in [0.1, 0.15) is 0 Å². The highest BCUT2D eigenvalue weighted by molar-refractivity contribution is 5.85. The molecular formula is C14H25NO3. The summed E-state index contributed by atoms with van der Waals surface area (Å²) in [4.78, 5) is 25.5. The summed E-state index contributed by atoms with van der Waals surface area (Å²) in [6.45, 7) is 5.50. The lowest BCUT2D eigenvalue weighted by Crippen LogP contribution is -2.42. The minimum absolute atomic E-state index is 0.0538. The monoisotopic (exact) mass is 255 g/mol. The van der Waals surface area contributed by atoms with Crippen molar-refractivity contribution in [2.45, 2.75) is 52.4 Å². The minimum Gasteiger partial charge on any atom is -0.481 e. The molecule has 4 nitrogen and oxygen atoms in total. The number of carboxylic acids is 1. The van der Waals surface area contributed by atoms with Crippen LogP contribution in [0.3, 0.4) is 0 Å². The Bertz CT molecular complexity index is 291. The fourth-order valence-corrected chi connectivity index (χ4v) is 2.73. The SMILES string of the molecule is CCCCN(CC)C(=O)[C@@H]1CCCC[C@@H]1C(=O)O. The van der Waals surface area contributed by atoms with Gasteiger partial charge in [0.15, 0.2) is 0 Å². The molecule has 1 aliphatic rings. The Labute approximate surface area is 109 Å². The van der Waals surface area contributed by atoms with Gasteiger partial charge >= 0.3 is 5.97 Å². The molecule has 104 valence electrons. The molecule has 0 bridgehead atoms. The van der Waals surface area contributed by atoms with Crippen LogP contribution >= 0.6 is 0 Å². The first-order valence-corrected chi connectivity index (χ1v) is 7.13. The largest absolute Gasteiger partial charge is 0.481 e. The Hall–Kier alpha value is -1.06. The number of carboxylic acid groups (broad SMARTS) is 1. The Morgan fingerprint density at radius 1 is 1.17 bits per heavy atom. The summed E-state index contributed by atoms with van der Waals surface area (Å²) in [5.41, 5.74) is 0. The molecule has 1 rings (SSSR count). The van der Waals surface area contributed by atoms with Crippen LogP contribution in [0.25, 0.3) is 0 Å². The molecule has 0 spiro atoms. The number of nitrogens with zero attached hydrogens (tertiary/aromatic N) is 1. The second kappa shape index (κ2) is 7.39. The summed E-state index contributed by atoms with van der Waals surface area (Å²) in [5.74, 6) is -1.52. The number of carbonyl (C=O) groups is 2. The molecule has 2 atom stereocenters. The Balaban J connectivity index is 2.68. The van der Waals surface area contributed by atoms with Gasteiger partial charge in [-0.3, -0.25) is 9.59 Å². The predicted molar refractivity (Wildman–Crippen MR) is 70.2 cm³/mol. The molecule has 1 fully saturated rings. The maximum Gasteiger partial charge on any atom is 0.307 e. The van der Waals surface area contributed by atoms with E-state index in [-0.39, 0.29) is 11.8 Å². The van der Waals surface area contributed by atoms with Crippen LogP contribution in [0, 0.1) is 11.8 Å². The third-order valence-electron chi connectivity index (χ3n) is 3.88. The summed E-state index contributed by atoms with van der Waals surface area (Å²) in [6, 6.07) is 0. The fraction of sp³-hybridized carbons (Fsp3) is 0.857. The van der Waals surface area contributed by atoms with Crippen molar-refractivity contribution in [3.05, 3.63) is 0 Å². The maximum atomic E-state index is 12.4. The van der Waals surface area contributed by atoms with Crippen molar-refractivity contribution in [1.82, 2.24) is 4.90 Å². The summed E-state index contributed by atoms with van der Waals surface area (Å²) in [5, 5.41) is 9.22. The molecule has 0 heterocycles. The Morgan fingerprint density at radius 3 is 2.28 bits per heavy atom. The first kappa shape index (κ1) is 15.0. The first-order chi connectivity index (χ1) is 8.61. The zero-order chi connectivity index (χ0) is 13.5. The van der Waals surface area contributed by atoms with Crippen molar-refractivity contribution in [3.63, 3.8) is 0 Å². The summed E-state index contributed by atoms with van der Waals surface area (Å²) >= 11 is 0. The van der Waals surface area contributed by atoms with E-state index in [0.717, 1.165) is 38.6 Å². The van der Waals surface area contributed by atoms with Gasteiger partial charge in [0.2, 0.25) is 5.91 Å². The minimum atomic E-state index is -0.806. The first-order valence-electron chi connectivity index (χ1n) is 7.13. The van der Waals surface area contributed by atoms with Gasteiger partial charge < -0.3 is 10.0 Å². The van der Waals surface area contributed by atoms with Gasteiger partial charge in [0, 0.05) is 13.1 Å². The summed E-state index contributed by atoms with van der Waals surface area (Å²) in [6.07, 6.45) is 5.34. The Kier molecular flexibility index (Phi) is 6.16. The van der Waals surface area contributed by atoms with Gasteiger partial charge in [-0.05, 0) is 26.2 Å². The number of aliphatic carboxylic acids is 1. The molecule has 18 heavy (non-hydrogen) atoms. The second-order valence-electron chi connectivity index (χ2n) is 5.11. The summed E-state index contributed by atoms with van der Waals surface area (Å²) < 4.78 is 0. The van der Waals surface area contributed by atoms with E-state index in [0.29, 0.717) is 13.0 Å². The molecule has 1 aliphatic carbocycles. The lowest BCUT2D eigenvalue weighted by molar-refractivity contribution is -0.152. The second-order valence-corrected chi connectivity index (χ2v) is 5.11. The number of carbonyl (C=O) groups excluding carboxylic acids is 1.